The molecule has 1 aliphatic rings. The average molecular weight is 474 g/mol. The number of pyridine rings is 1. The van der Waals surface area contributed by atoms with Gasteiger partial charge in [-0.25, -0.2) is 4.98 Å². The van der Waals surface area contributed by atoms with Gasteiger partial charge in [-0.05, 0) is 64.5 Å². The van der Waals surface area contributed by atoms with Crippen LogP contribution in [-0.4, -0.2) is 20.9 Å². The van der Waals surface area contributed by atoms with Gasteiger partial charge in [-0.1, -0.05) is 47.0 Å². The number of rotatable bonds is 4. The predicted octanol–water partition coefficient (Wildman–Crippen LogP) is 5.34. The van der Waals surface area contributed by atoms with E-state index in [1.54, 1.807) is 66.9 Å². The lowest BCUT2D eigenvalue weighted by Gasteiger charge is -2.42. The largest absolute Gasteiger partial charge is 0.357 e. The summed E-state index contributed by atoms with van der Waals surface area (Å²) in [4.78, 5) is 16.8. The molecule has 1 atom stereocenters. The molecule has 134 valence electrons. The van der Waals surface area contributed by atoms with Gasteiger partial charge in [-0.2, -0.15) is 0 Å². The van der Waals surface area contributed by atoms with Gasteiger partial charge in [0.2, 0.25) is 0 Å². The van der Waals surface area contributed by atoms with Crippen molar-refractivity contribution in [3.63, 3.8) is 0 Å². The molecule has 0 spiro atoms. The number of benzene rings is 1. The molecule has 0 saturated carbocycles. The lowest BCUT2D eigenvalue weighted by Crippen LogP contribution is -2.63. The lowest BCUT2D eigenvalue weighted by atomic mass is 9.98. The monoisotopic (exact) mass is 471 g/mol. The van der Waals surface area contributed by atoms with Gasteiger partial charge in [0.15, 0.2) is 10.00 Å². The van der Waals surface area contributed by atoms with E-state index in [4.69, 9.17) is 34.8 Å². The Labute approximate surface area is 174 Å². The van der Waals surface area contributed by atoms with Crippen LogP contribution in [0.3, 0.4) is 0 Å². The highest BCUT2D eigenvalue weighted by Crippen LogP contribution is 2.40. The molecule has 2 N–H and O–H groups in total. The molecule has 1 unspecified atom stereocenters. The summed E-state index contributed by atoms with van der Waals surface area (Å²) >= 11 is 22.3. The second-order valence-electron chi connectivity index (χ2n) is 5.60. The average Bonchev–Trinajstić information content (AvgIpc) is 2.60. The summed E-state index contributed by atoms with van der Waals surface area (Å²) in [5.74, 6) is -0.426. The number of halogens is 4. The van der Waals surface area contributed by atoms with E-state index in [2.05, 4.69) is 31.5 Å². The van der Waals surface area contributed by atoms with Gasteiger partial charge >= 0.3 is 0 Å². The Hall–Kier alpha value is -1.53. The number of amides is 1. The first-order chi connectivity index (χ1) is 12.3. The first kappa shape index (κ1) is 19.2. The van der Waals surface area contributed by atoms with Crippen LogP contribution in [0, 0.1) is 0 Å². The molecule has 0 bridgehead atoms. The van der Waals surface area contributed by atoms with Crippen molar-refractivity contribution in [2.75, 3.05) is 5.32 Å². The molecule has 8 heteroatoms. The van der Waals surface area contributed by atoms with Crippen molar-refractivity contribution in [1.29, 1.82) is 0 Å². The Kier molecular flexibility index (Phi) is 5.63. The predicted molar refractivity (Wildman–Crippen MR) is 110 cm³/mol. The van der Waals surface area contributed by atoms with E-state index in [9.17, 15) is 4.79 Å². The van der Waals surface area contributed by atoms with E-state index in [-0.39, 0.29) is 5.69 Å². The highest BCUT2D eigenvalue weighted by Gasteiger charge is 2.49. The maximum atomic E-state index is 12.7. The van der Waals surface area contributed by atoms with Crippen LogP contribution in [0.15, 0.2) is 71.4 Å². The molecular formula is C18H13BrCl3N3O. The third kappa shape index (κ3) is 4.07. The SMILES string of the molecule is O=C(NC1(Nc2ccc(Cl)cc2)C=CC=CC1(Cl)Cl)c1ccc(Br)cn1. The number of allylic oxidation sites excluding steroid dienone is 2. The molecule has 0 aliphatic heterocycles. The Morgan fingerprint density at radius 3 is 2.35 bits per heavy atom. The van der Waals surface area contributed by atoms with Crippen LogP contribution in [0.5, 0.6) is 0 Å². The summed E-state index contributed by atoms with van der Waals surface area (Å²) in [6.07, 6.45) is 8.29. The maximum absolute atomic E-state index is 12.7. The number of carbonyl (C=O) groups is 1. The van der Waals surface area contributed by atoms with E-state index in [0.29, 0.717) is 10.7 Å². The van der Waals surface area contributed by atoms with Gasteiger partial charge in [0, 0.05) is 21.4 Å². The number of aromatic nitrogens is 1. The van der Waals surface area contributed by atoms with Crippen LogP contribution in [-0.2, 0) is 0 Å². The van der Waals surface area contributed by atoms with Crippen molar-refractivity contribution >= 4 is 62.3 Å². The number of hydrogen-bond acceptors (Lipinski definition) is 3. The molecule has 3 rings (SSSR count). The van der Waals surface area contributed by atoms with Gasteiger partial charge in [-0.15, -0.1) is 0 Å². The lowest BCUT2D eigenvalue weighted by molar-refractivity contribution is 0.0917. The quantitative estimate of drug-likeness (QED) is 0.466. The fraction of sp³-hybridized carbons (Fsp3) is 0.111. The fourth-order valence-electron chi connectivity index (χ4n) is 2.41. The summed E-state index contributed by atoms with van der Waals surface area (Å²) in [6.45, 7) is 0. The number of nitrogens with zero attached hydrogens (tertiary/aromatic N) is 1. The van der Waals surface area contributed by atoms with E-state index in [1.807, 2.05) is 0 Å². The number of nitrogens with one attached hydrogen (secondary N) is 2. The Balaban J connectivity index is 1.94. The summed E-state index contributed by atoms with van der Waals surface area (Å²) in [7, 11) is 0. The minimum Gasteiger partial charge on any atom is -0.357 e. The zero-order valence-electron chi connectivity index (χ0n) is 13.2. The van der Waals surface area contributed by atoms with Crippen LogP contribution in [0.4, 0.5) is 5.69 Å². The van der Waals surface area contributed by atoms with Gasteiger partial charge < -0.3 is 10.6 Å². The van der Waals surface area contributed by atoms with Crippen LogP contribution in [0.2, 0.25) is 5.02 Å². The molecule has 0 fully saturated rings. The Bertz CT molecular complexity index is 866. The zero-order chi connectivity index (χ0) is 18.8. The summed E-state index contributed by atoms with van der Waals surface area (Å²) in [5, 5.41) is 6.65. The highest BCUT2D eigenvalue weighted by molar-refractivity contribution is 9.10. The number of carbonyl (C=O) groups excluding carboxylic acids is 1. The molecule has 4 nitrogen and oxygen atoms in total. The van der Waals surface area contributed by atoms with E-state index >= 15 is 0 Å². The summed E-state index contributed by atoms with van der Waals surface area (Å²) < 4.78 is -0.667. The third-order valence-corrected chi connectivity index (χ3v) is 5.31. The van der Waals surface area contributed by atoms with Gasteiger partial charge in [-0.3, -0.25) is 4.79 Å². The molecule has 1 aliphatic carbocycles. The molecule has 1 amide bonds. The van der Waals surface area contributed by atoms with Gasteiger partial charge in [0.05, 0.1) is 0 Å². The van der Waals surface area contributed by atoms with Crippen LogP contribution < -0.4 is 10.6 Å². The minimum absolute atomic E-state index is 0.234. The van der Waals surface area contributed by atoms with Crippen molar-refractivity contribution in [3.8, 4) is 0 Å². The van der Waals surface area contributed by atoms with Crippen molar-refractivity contribution < 1.29 is 4.79 Å². The topological polar surface area (TPSA) is 54.0 Å². The fourth-order valence-corrected chi connectivity index (χ4v) is 3.24. The Morgan fingerprint density at radius 2 is 1.73 bits per heavy atom. The van der Waals surface area contributed by atoms with Gasteiger partial charge in [0.25, 0.3) is 5.91 Å². The molecule has 1 aromatic carbocycles. The summed E-state index contributed by atoms with van der Waals surface area (Å²) in [5.41, 5.74) is -0.369. The first-order valence-corrected chi connectivity index (χ1v) is 9.47. The van der Waals surface area contributed by atoms with Crippen molar-refractivity contribution in [1.82, 2.24) is 10.3 Å². The van der Waals surface area contributed by atoms with E-state index < -0.39 is 15.9 Å². The first-order valence-electron chi connectivity index (χ1n) is 7.54. The number of hydrogen-bond donors (Lipinski definition) is 2. The molecular weight excluding hydrogens is 460 g/mol. The van der Waals surface area contributed by atoms with Crippen LogP contribution in [0.25, 0.3) is 0 Å². The summed E-state index contributed by atoms with van der Waals surface area (Å²) in [6, 6.07) is 10.3. The van der Waals surface area contributed by atoms with Gasteiger partial charge in [0.1, 0.15) is 5.69 Å². The number of alkyl halides is 2. The third-order valence-electron chi connectivity index (χ3n) is 3.75. The smallest absolute Gasteiger partial charge is 0.272 e. The highest BCUT2D eigenvalue weighted by atomic mass is 79.9. The van der Waals surface area contributed by atoms with E-state index in [1.165, 1.54) is 0 Å². The molecule has 26 heavy (non-hydrogen) atoms. The minimum atomic E-state index is -1.44. The second-order valence-corrected chi connectivity index (χ2v) is 8.33. The maximum Gasteiger partial charge on any atom is 0.272 e. The number of anilines is 1. The van der Waals surface area contributed by atoms with Crippen molar-refractivity contribution in [2.24, 2.45) is 0 Å². The van der Waals surface area contributed by atoms with Crippen molar-refractivity contribution in [3.05, 3.63) is 82.1 Å². The van der Waals surface area contributed by atoms with Crippen molar-refractivity contribution in [2.45, 2.75) is 10.00 Å². The normalized spacial score (nSPS) is 20.6. The standard InChI is InChI=1S/C18H13BrCl3N3O/c19-12-3-8-15(23-11-12)16(26)25-18(10-2-1-9-17(18,21)22)24-14-6-4-13(20)5-7-14/h1-11,24H,(H,25,26). The van der Waals surface area contributed by atoms with Crippen LogP contribution >= 0.6 is 50.7 Å². The molecule has 0 saturated heterocycles. The van der Waals surface area contributed by atoms with E-state index in [0.717, 1.165) is 4.47 Å². The zero-order valence-corrected chi connectivity index (χ0v) is 17.1. The molecule has 2 aromatic rings. The molecule has 1 aromatic heterocycles. The van der Waals surface area contributed by atoms with Crippen LogP contribution in [0.1, 0.15) is 10.5 Å². The Morgan fingerprint density at radius 1 is 1.04 bits per heavy atom. The second kappa shape index (κ2) is 7.61. The molecule has 1 heterocycles. The molecule has 0 radical (unpaired) electrons.